The second-order valence-electron chi connectivity index (χ2n) is 12.0. The Morgan fingerprint density at radius 2 is 1.12 bits per heavy atom. The molecule has 4 fully saturated rings. The molecule has 416 valence electrons. The van der Waals surface area contributed by atoms with Gasteiger partial charge in [-0.3, -0.25) is 32.5 Å². The SMILES string of the molecule is Cl.NCCCO.NCCCl.O=C(CCl)N1CCCOP1(=O)NCCCl.O=C(Cl)CCl.O=P(Cl)(Cl)Cl.O=P1(Cl)NCCCO1.O=P1(NCCCl)NCCCO1.O=P1(NCCCl)OCCCN1CCCl.[HH]. The van der Waals surface area contributed by atoms with Crippen LogP contribution in [0.3, 0.4) is 0 Å². The minimum Gasteiger partial charge on any atom is -0.396 e. The summed E-state index contributed by atoms with van der Waals surface area (Å²) in [6.07, 6.45) is 4.07. The van der Waals surface area contributed by atoms with Crippen LogP contribution < -0.4 is 36.9 Å². The fraction of sp³-hybridized carbons (Fsp3) is 0.931. The summed E-state index contributed by atoms with van der Waals surface area (Å²) in [4.78, 5) is 20.9. The second kappa shape index (κ2) is 51.3. The lowest BCUT2D eigenvalue weighted by molar-refractivity contribution is -0.125. The van der Waals surface area contributed by atoms with Crippen molar-refractivity contribution in [3.8, 4) is 0 Å². The smallest absolute Gasteiger partial charge is 0.370 e. The van der Waals surface area contributed by atoms with Crippen molar-refractivity contribution < 1.29 is 57.0 Å². The quantitative estimate of drug-likeness (QED) is 0.0405. The van der Waals surface area contributed by atoms with Gasteiger partial charge in [-0.25, -0.2) is 34.7 Å². The summed E-state index contributed by atoms with van der Waals surface area (Å²) in [5.74, 6) is 1.50. The summed E-state index contributed by atoms with van der Waals surface area (Å²) < 4.78 is 79.1. The van der Waals surface area contributed by atoms with Gasteiger partial charge in [0.2, 0.25) is 11.1 Å². The summed E-state index contributed by atoms with van der Waals surface area (Å²) in [5.41, 5.74) is 9.87. The van der Waals surface area contributed by atoms with Crippen LogP contribution in [0.5, 0.6) is 0 Å². The van der Waals surface area contributed by atoms with Crippen molar-refractivity contribution in [2.24, 2.45) is 11.5 Å². The van der Waals surface area contributed by atoms with Gasteiger partial charge in [-0.1, -0.05) is 0 Å². The Hall–Kier alpha value is 3.54. The van der Waals surface area contributed by atoms with E-state index in [1.165, 1.54) is 4.67 Å². The van der Waals surface area contributed by atoms with Gasteiger partial charge in [-0.2, -0.15) is 0 Å². The molecule has 0 aromatic heterocycles. The van der Waals surface area contributed by atoms with E-state index in [1.807, 2.05) is 0 Å². The number of rotatable bonds is 16. The normalized spacial score (nSPS) is 24.2. The molecule has 0 aliphatic carbocycles. The Morgan fingerprint density at radius 1 is 0.676 bits per heavy atom. The highest BCUT2D eigenvalue weighted by atomic mass is 36.0. The molecule has 68 heavy (non-hydrogen) atoms. The van der Waals surface area contributed by atoms with E-state index in [0.717, 1.165) is 38.8 Å². The number of carbonyl (C=O) groups excluding carboxylic acids is 2. The molecule has 4 heterocycles. The zero-order valence-corrected chi connectivity index (χ0v) is 51.1. The number of aliphatic hydroxyl groups excluding tert-OH is 1. The number of carbonyl (C=O) groups is 2. The summed E-state index contributed by atoms with van der Waals surface area (Å²) in [6, 6.07) is 0. The van der Waals surface area contributed by atoms with E-state index in [4.69, 9.17) is 134 Å². The lowest BCUT2D eigenvalue weighted by Crippen LogP contribution is -2.39. The maximum atomic E-state index is 12.2. The summed E-state index contributed by atoms with van der Waals surface area (Å²) >= 11 is 61.2. The van der Waals surface area contributed by atoms with Crippen molar-refractivity contribution in [2.45, 2.75) is 32.1 Å². The van der Waals surface area contributed by atoms with E-state index >= 15 is 0 Å². The molecule has 0 aromatic carbocycles. The van der Waals surface area contributed by atoms with Gasteiger partial charge in [-0.15, -0.1) is 93.6 Å². The standard InChI is InChI=1S/C7H13Cl2N2O3P.C7H15Cl2N2O2P.C5H12ClN2O2P.C3H7ClNO2P.C3H9NO.C2H2Cl2O.C2H6ClN.Cl3OP.ClH.H2/c8-2-3-10-15(13)11(7(12)6-9)4-1-5-14-15;8-2-4-10-14(12)11(6-3-9)5-1-7-13-14;6-2-4-8-11(9)7-3-1-5-10-11;4-8(6)5-2-1-3-7-8;4-2-1-3-5;3-1-2(4)5;3-1-2-4;1-5(2,3)4;;/h1-6H2,(H,10,13);1-7H2,(H,10,12);1-5H2,(H2,7,8,9);1-3H2,(H,5,6);5H,1-4H2;1H2;1-2,4H2;;2*1H. The van der Waals surface area contributed by atoms with Gasteiger partial charge < -0.3 is 34.7 Å². The largest absolute Gasteiger partial charge is 0.396 e. The number of aliphatic hydroxyl groups is 1. The number of nitrogens with one attached hydrogen (secondary N) is 5. The van der Waals surface area contributed by atoms with E-state index in [9.17, 15) is 32.4 Å². The molecule has 4 atom stereocenters. The van der Waals surface area contributed by atoms with Crippen LogP contribution in [0.2, 0.25) is 0 Å². The number of alkyl halides is 7. The lowest BCUT2D eigenvalue weighted by atomic mass is 10.4. The highest BCUT2D eigenvalue weighted by Gasteiger charge is 2.37. The molecule has 4 unspecified atom stereocenters. The van der Waals surface area contributed by atoms with Gasteiger partial charge in [0, 0.05) is 96.3 Å². The van der Waals surface area contributed by atoms with Crippen molar-refractivity contribution in [3.05, 3.63) is 0 Å². The van der Waals surface area contributed by atoms with E-state index in [1.54, 1.807) is 4.67 Å². The fourth-order valence-corrected chi connectivity index (χ4v) is 12.1. The van der Waals surface area contributed by atoms with Crippen LogP contribution >= 0.6 is 185 Å². The fourth-order valence-electron chi connectivity index (χ4n) is 4.01. The van der Waals surface area contributed by atoms with Gasteiger partial charge in [0.05, 0.1) is 32.3 Å². The third-order valence-electron chi connectivity index (χ3n) is 6.64. The first-order valence-electron chi connectivity index (χ1n) is 19.7. The van der Waals surface area contributed by atoms with Crippen LogP contribution in [0.25, 0.3) is 0 Å². The molecule has 0 bridgehead atoms. The van der Waals surface area contributed by atoms with Gasteiger partial charge >= 0.3 is 35.1 Å². The Kier molecular flexibility index (Phi) is 60.7. The molecule has 10 N–H and O–H groups in total. The topological polar surface area (TPSA) is 295 Å². The molecular weight excluding hydrogens is 1280 g/mol. The molecule has 1 amide bonds. The first-order chi connectivity index (χ1) is 31.4. The Bertz CT molecular complexity index is 1460. The number of nitrogens with two attached hydrogens (primary N) is 2. The van der Waals surface area contributed by atoms with Crippen LogP contribution in [0.1, 0.15) is 33.5 Å². The van der Waals surface area contributed by atoms with Crippen molar-refractivity contribution in [3.63, 3.8) is 0 Å². The Morgan fingerprint density at radius 3 is 1.46 bits per heavy atom. The highest BCUT2D eigenvalue weighted by molar-refractivity contribution is 8.24. The second-order valence-corrected chi connectivity index (χ2v) is 30.6. The van der Waals surface area contributed by atoms with Crippen molar-refractivity contribution >= 4 is 196 Å². The Labute approximate surface area is 467 Å². The average molecular weight is 1350 g/mol. The van der Waals surface area contributed by atoms with Crippen LogP contribution in [0.15, 0.2) is 0 Å². The van der Waals surface area contributed by atoms with E-state index in [-0.39, 0.29) is 38.1 Å². The third-order valence-corrected chi connectivity index (χ3v) is 16.4. The number of amides is 1. The van der Waals surface area contributed by atoms with Crippen LogP contribution in [0.4, 0.5) is 0 Å². The van der Waals surface area contributed by atoms with Gasteiger partial charge in [-0.05, 0) is 95.2 Å². The molecule has 0 aromatic rings. The zero-order chi connectivity index (χ0) is 52.3. The van der Waals surface area contributed by atoms with E-state index < -0.39 is 40.3 Å². The molecule has 4 rings (SSSR count). The van der Waals surface area contributed by atoms with E-state index in [2.05, 4.69) is 63.7 Å². The number of hydrogen-bond acceptors (Lipinski definition) is 14. The maximum Gasteiger partial charge on any atom is 0.370 e. The Balaban J connectivity index is -0.000000171. The van der Waals surface area contributed by atoms with Crippen molar-refractivity contribution in [1.29, 1.82) is 0 Å². The van der Waals surface area contributed by atoms with Crippen LogP contribution in [-0.2, 0) is 50.5 Å². The molecule has 4 aliphatic rings. The number of nitrogens with zero attached hydrogens (tertiary/aromatic N) is 2. The van der Waals surface area contributed by atoms with E-state index in [0.29, 0.717) is 115 Å². The molecule has 39 heteroatoms. The first-order valence-corrected chi connectivity index (χ1v) is 35.6. The average Bonchev–Trinajstić information content (AvgIpc) is 3.29. The lowest BCUT2D eigenvalue weighted by Gasteiger charge is -2.34. The predicted octanol–water partition coefficient (Wildman–Crippen LogP) is 9.55. The first kappa shape index (κ1) is 80.4. The van der Waals surface area contributed by atoms with Crippen LogP contribution in [-0.4, -0.2) is 165 Å². The molecule has 21 nitrogen and oxygen atoms in total. The minimum atomic E-state index is -3.25. The molecule has 0 saturated carbocycles. The van der Waals surface area contributed by atoms with Crippen molar-refractivity contribution in [1.82, 2.24) is 34.8 Å². The van der Waals surface area contributed by atoms with Crippen molar-refractivity contribution in [2.75, 3.05) is 140 Å². The maximum absolute atomic E-state index is 12.2. The van der Waals surface area contributed by atoms with Gasteiger partial charge in [0.15, 0.2) is 0 Å². The summed E-state index contributed by atoms with van der Waals surface area (Å²) in [6.45, 7) is 5.00. The summed E-state index contributed by atoms with van der Waals surface area (Å²) in [7, 11) is -8.80. The highest BCUT2D eigenvalue weighted by Crippen LogP contribution is 2.61. The van der Waals surface area contributed by atoms with Gasteiger partial charge in [0.25, 0.3) is 0 Å². The third kappa shape index (κ3) is 50.4. The molecule has 0 spiro atoms. The van der Waals surface area contributed by atoms with Crippen LogP contribution in [0, 0.1) is 0 Å². The molecule has 4 aliphatic heterocycles. The predicted molar refractivity (Wildman–Crippen MR) is 292 cm³/mol. The van der Waals surface area contributed by atoms with Gasteiger partial charge in [0.1, 0.15) is 5.88 Å². The molecule has 4 saturated heterocycles. The number of hydrogen-bond donors (Lipinski definition) is 8. The monoisotopic (exact) mass is 1340 g/mol. The zero-order valence-electron chi connectivity index (χ0n) is 36.8. The molecular formula is C29H67Cl13N9O12P5. The number of halogens is 13. The molecule has 0 radical (unpaired) electrons. The summed E-state index contributed by atoms with van der Waals surface area (Å²) in [5, 5.41) is 17.9. The minimum absolute atomic E-state index is 0.